The quantitative estimate of drug-likeness (QED) is 0.532. The summed E-state index contributed by atoms with van der Waals surface area (Å²) < 4.78 is 16.5. The van der Waals surface area contributed by atoms with Crippen molar-refractivity contribution in [3.63, 3.8) is 0 Å². The van der Waals surface area contributed by atoms with Crippen LogP contribution in [0.3, 0.4) is 0 Å². The first-order valence-corrected chi connectivity index (χ1v) is 7.47. The average Bonchev–Trinajstić information content (AvgIpc) is 2.44. The van der Waals surface area contributed by atoms with Crippen molar-refractivity contribution in [2.75, 3.05) is 26.9 Å². The van der Waals surface area contributed by atoms with E-state index in [9.17, 15) is 0 Å². The second-order valence-corrected chi connectivity index (χ2v) is 5.99. The van der Waals surface area contributed by atoms with Gasteiger partial charge in [-0.15, -0.1) is 0 Å². The van der Waals surface area contributed by atoms with Gasteiger partial charge in [-0.2, -0.15) is 0 Å². The minimum atomic E-state index is -0.139. The van der Waals surface area contributed by atoms with Gasteiger partial charge >= 0.3 is 0 Å². The van der Waals surface area contributed by atoms with Gasteiger partial charge in [-0.05, 0) is 38.0 Å². The fourth-order valence-corrected chi connectivity index (χ4v) is 1.81. The van der Waals surface area contributed by atoms with Crippen molar-refractivity contribution < 1.29 is 14.2 Å². The summed E-state index contributed by atoms with van der Waals surface area (Å²) in [4.78, 5) is 0.496. The Kier molecular flexibility index (Phi) is 7.64. The van der Waals surface area contributed by atoms with Crippen LogP contribution in [0, 0.1) is 0 Å². The Morgan fingerprint density at radius 1 is 1.14 bits per heavy atom. The van der Waals surface area contributed by atoms with Gasteiger partial charge in [0.05, 0.1) is 17.2 Å². The highest BCUT2D eigenvalue weighted by atomic mass is 32.1. The number of thiocarbonyl (C=S) groups is 1. The summed E-state index contributed by atoms with van der Waals surface area (Å²) in [5.41, 5.74) is 6.46. The largest absolute Gasteiger partial charge is 0.491 e. The SMILES string of the molecule is COC(C)(C)CCOCCOc1ccc(CC(N)=S)cc1. The second kappa shape index (κ2) is 8.97. The van der Waals surface area contributed by atoms with Crippen molar-refractivity contribution in [1.29, 1.82) is 0 Å². The Labute approximate surface area is 132 Å². The minimum Gasteiger partial charge on any atom is -0.491 e. The molecule has 1 rings (SSSR count). The standard InChI is InChI=1S/C16H25NO3S/c1-16(2,18-3)8-9-19-10-11-20-14-6-4-13(5-7-14)12-15(17)21/h4-7H,8-12H2,1-3H3,(H2,17,21). The predicted molar refractivity (Wildman–Crippen MR) is 89.0 cm³/mol. The highest BCUT2D eigenvalue weighted by Gasteiger charge is 2.15. The van der Waals surface area contributed by atoms with Crippen molar-refractivity contribution in [2.45, 2.75) is 32.3 Å². The van der Waals surface area contributed by atoms with Crippen LogP contribution in [0.15, 0.2) is 24.3 Å². The van der Waals surface area contributed by atoms with Crippen LogP contribution in [0.5, 0.6) is 5.75 Å². The molecule has 0 aliphatic carbocycles. The number of methoxy groups -OCH3 is 1. The highest BCUT2D eigenvalue weighted by molar-refractivity contribution is 7.80. The molecule has 0 bridgehead atoms. The summed E-state index contributed by atoms with van der Waals surface area (Å²) in [6, 6.07) is 7.77. The van der Waals surface area contributed by atoms with E-state index in [0.29, 0.717) is 31.2 Å². The molecule has 4 nitrogen and oxygen atoms in total. The summed E-state index contributed by atoms with van der Waals surface area (Å²) in [7, 11) is 1.71. The first kappa shape index (κ1) is 17.9. The smallest absolute Gasteiger partial charge is 0.119 e. The highest BCUT2D eigenvalue weighted by Crippen LogP contribution is 2.13. The molecule has 1 aromatic carbocycles. The Bertz CT molecular complexity index is 432. The number of hydrogen-bond acceptors (Lipinski definition) is 4. The predicted octanol–water partition coefficient (Wildman–Crippen LogP) is 2.73. The number of nitrogens with two attached hydrogens (primary N) is 1. The van der Waals surface area contributed by atoms with Gasteiger partial charge in [0.1, 0.15) is 12.4 Å². The molecule has 5 heteroatoms. The Hall–Kier alpha value is -1.17. The minimum absolute atomic E-state index is 0.139. The monoisotopic (exact) mass is 311 g/mol. The molecule has 0 fully saturated rings. The molecule has 0 aromatic heterocycles. The van der Waals surface area contributed by atoms with Crippen LogP contribution >= 0.6 is 12.2 Å². The van der Waals surface area contributed by atoms with Crippen molar-refractivity contribution in [3.8, 4) is 5.75 Å². The molecule has 0 aliphatic heterocycles. The molecule has 118 valence electrons. The molecule has 0 aliphatic rings. The van der Waals surface area contributed by atoms with E-state index in [-0.39, 0.29) is 5.60 Å². The summed E-state index contributed by atoms with van der Waals surface area (Å²) in [5, 5.41) is 0. The number of benzene rings is 1. The lowest BCUT2D eigenvalue weighted by Crippen LogP contribution is -2.24. The molecule has 2 N–H and O–H groups in total. The molecule has 21 heavy (non-hydrogen) atoms. The van der Waals surface area contributed by atoms with Gasteiger partial charge in [-0.3, -0.25) is 0 Å². The van der Waals surface area contributed by atoms with E-state index in [1.165, 1.54) is 0 Å². The van der Waals surface area contributed by atoms with E-state index in [2.05, 4.69) is 0 Å². The van der Waals surface area contributed by atoms with Crippen LogP contribution in [0.4, 0.5) is 0 Å². The van der Waals surface area contributed by atoms with E-state index >= 15 is 0 Å². The lowest BCUT2D eigenvalue weighted by molar-refractivity contribution is -0.0128. The Balaban J connectivity index is 2.17. The summed E-state index contributed by atoms with van der Waals surface area (Å²) in [6.07, 6.45) is 1.48. The first-order chi connectivity index (χ1) is 9.93. The summed E-state index contributed by atoms with van der Waals surface area (Å²) in [5.74, 6) is 0.822. The molecule has 1 aromatic rings. The zero-order chi connectivity index (χ0) is 15.7. The normalized spacial score (nSPS) is 11.4. The third-order valence-electron chi connectivity index (χ3n) is 3.20. The van der Waals surface area contributed by atoms with Crippen LogP contribution in [0.1, 0.15) is 25.8 Å². The van der Waals surface area contributed by atoms with E-state index < -0.39 is 0 Å². The third kappa shape index (κ3) is 7.99. The van der Waals surface area contributed by atoms with Crippen LogP contribution in [0.25, 0.3) is 0 Å². The van der Waals surface area contributed by atoms with Gasteiger partial charge in [0.15, 0.2) is 0 Å². The van der Waals surface area contributed by atoms with Crippen molar-refractivity contribution in [3.05, 3.63) is 29.8 Å². The summed E-state index contributed by atoms with van der Waals surface area (Å²) >= 11 is 4.88. The first-order valence-electron chi connectivity index (χ1n) is 7.06. The second-order valence-electron chi connectivity index (χ2n) is 5.46. The van der Waals surface area contributed by atoms with Gasteiger partial charge in [-0.1, -0.05) is 24.4 Å². The van der Waals surface area contributed by atoms with Crippen LogP contribution < -0.4 is 10.5 Å². The van der Waals surface area contributed by atoms with Gasteiger partial charge < -0.3 is 19.9 Å². The van der Waals surface area contributed by atoms with Gasteiger partial charge in [0, 0.05) is 20.1 Å². The van der Waals surface area contributed by atoms with Crippen molar-refractivity contribution in [2.24, 2.45) is 5.73 Å². The molecule has 0 saturated heterocycles. The maximum Gasteiger partial charge on any atom is 0.119 e. The lowest BCUT2D eigenvalue weighted by Gasteiger charge is -2.22. The molecule has 0 unspecified atom stereocenters. The average molecular weight is 311 g/mol. The molecule has 0 atom stereocenters. The van der Waals surface area contributed by atoms with Crippen molar-refractivity contribution in [1.82, 2.24) is 0 Å². The van der Waals surface area contributed by atoms with Crippen LogP contribution in [0.2, 0.25) is 0 Å². The molecule has 0 radical (unpaired) electrons. The third-order valence-corrected chi connectivity index (χ3v) is 3.34. The van der Waals surface area contributed by atoms with E-state index in [1.807, 2.05) is 38.1 Å². The molecule has 0 heterocycles. The van der Waals surface area contributed by atoms with E-state index in [4.69, 9.17) is 32.2 Å². The van der Waals surface area contributed by atoms with Crippen LogP contribution in [-0.4, -0.2) is 37.5 Å². The molecule has 0 saturated carbocycles. The van der Waals surface area contributed by atoms with E-state index in [1.54, 1.807) is 7.11 Å². The van der Waals surface area contributed by atoms with Gasteiger partial charge in [-0.25, -0.2) is 0 Å². The topological polar surface area (TPSA) is 53.7 Å². The van der Waals surface area contributed by atoms with Crippen molar-refractivity contribution >= 4 is 17.2 Å². The summed E-state index contributed by atoms with van der Waals surface area (Å²) in [6.45, 7) is 5.84. The molecular weight excluding hydrogens is 286 g/mol. The number of hydrogen-bond donors (Lipinski definition) is 1. The fraction of sp³-hybridized carbons (Fsp3) is 0.562. The fourth-order valence-electron chi connectivity index (χ4n) is 1.65. The van der Waals surface area contributed by atoms with Gasteiger partial charge in [0.25, 0.3) is 0 Å². The number of rotatable bonds is 10. The molecule has 0 amide bonds. The lowest BCUT2D eigenvalue weighted by atomic mass is 10.1. The Morgan fingerprint density at radius 3 is 2.38 bits per heavy atom. The van der Waals surface area contributed by atoms with E-state index in [0.717, 1.165) is 17.7 Å². The zero-order valence-corrected chi connectivity index (χ0v) is 13.9. The molecular formula is C16H25NO3S. The zero-order valence-electron chi connectivity index (χ0n) is 13.1. The number of ether oxygens (including phenoxy) is 3. The van der Waals surface area contributed by atoms with Gasteiger partial charge in [0.2, 0.25) is 0 Å². The molecule has 0 spiro atoms. The van der Waals surface area contributed by atoms with Crippen LogP contribution in [-0.2, 0) is 15.9 Å². The maximum absolute atomic E-state index is 5.60. The Morgan fingerprint density at radius 2 is 1.81 bits per heavy atom. The maximum atomic E-state index is 5.60.